The van der Waals surface area contributed by atoms with Crippen LogP contribution in [0.1, 0.15) is 28.6 Å². The Labute approximate surface area is 171 Å². The van der Waals surface area contributed by atoms with Gasteiger partial charge in [0.05, 0.1) is 5.69 Å². The van der Waals surface area contributed by atoms with Crippen LogP contribution >= 0.6 is 0 Å². The summed E-state index contributed by atoms with van der Waals surface area (Å²) in [4.78, 5) is 8.67. The Bertz CT molecular complexity index is 961. The highest BCUT2D eigenvalue weighted by Gasteiger charge is 2.26. The van der Waals surface area contributed by atoms with Crippen LogP contribution in [0.15, 0.2) is 54.9 Å². The van der Waals surface area contributed by atoms with Crippen molar-refractivity contribution in [3.8, 4) is 0 Å². The van der Waals surface area contributed by atoms with Gasteiger partial charge >= 0.3 is 0 Å². The van der Waals surface area contributed by atoms with Crippen LogP contribution in [0.25, 0.3) is 0 Å². The number of aliphatic hydroxyl groups is 1. The lowest BCUT2D eigenvalue weighted by Gasteiger charge is -2.37. The van der Waals surface area contributed by atoms with Crippen molar-refractivity contribution in [3.05, 3.63) is 83.2 Å². The zero-order valence-corrected chi connectivity index (χ0v) is 16.9. The van der Waals surface area contributed by atoms with Crippen molar-refractivity contribution in [3.63, 3.8) is 0 Å². The molecule has 1 aliphatic heterocycles. The van der Waals surface area contributed by atoms with Crippen molar-refractivity contribution in [2.75, 3.05) is 31.1 Å². The van der Waals surface area contributed by atoms with Gasteiger partial charge in [-0.3, -0.25) is 4.90 Å². The topological polar surface area (TPSA) is 44.5 Å². The quantitative estimate of drug-likeness (QED) is 0.721. The molecule has 4 rings (SSSR count). The van der Waals surface area contributed by atoms with Gasteiger partial charge in [0.15, 0.2) is 0 Å². The minimum atomic E-state index is -0.966. The van der Waals surface area contributed by atoms with Gasteiger partial charge in [-0.05, 0) is 18.6 Å². The van der Waals surface area contributed by atoms with Gasteiger partial charge in [0, 0.05) is 57.7 Å². The molecule has 0 radical (unpaired) electrons. The first-order valence-corrected chi connectivity index (χ1v) is 9.99. The van der Waals surface area contributed by atoms with E-state index in [9.17, 15) is 9.50 Å². The number of halogens is 1. The summed E-state index contributed by atoms with van der Waals surface area (Å²) >= 11 is 0. The van der Waals surface area contributed by atoms with Crippen molar-refractivity contribution in [1.82, 2.24) is 14.5 Å². The summed E-state index contributed by atoms with van der Waals surface area (Å²) in [6, 6.07) is 13.5. The fraction of sp³-hybridized carbons (Fsp3) is 0.348. The number of anilines is 1. The summed E-state index contributed by atoms with van der Waals surface area (Å²) in [5, 5.41) is 10.9. The largest absolute Gasteiger partial charge is 0.380 e. The molecule has 0 aliphatic carbocycles. The third-order valence-corrected chi connectivity index (χ3v) is 5.63. The standard InChI is InChI=1S/C23H27FN4O/c1-17-6-8-18(9-7-17)16-27-12-14-28(15-13-27)21-19(4-3-5-20(21)24)22(29)23-25-10-11-26(23)2/h3-11,22,29H,12-16H2,1-2H3/t22-/m1/s1. The van der Waals surface area contributed by atoms with Gasteiger partial charge in [0.25, 0.3) is 0 Å². The summed E-state index contributed by atoms with van der Waals surface area (Å²) in [7, 11) is 1.83. The van der Waals surface area contributed by atoms with Crippen LogP contribution in [0, 0.1) is 12.7 Å². The van der Waals surface area contributed by atoms with E-state index >= 15 is 0 Å². The van der Waals surface area contributed by atoms with Gasteiger partial charge in [-0.25, -0.2) is 9.37 Å². The molecule has 1 atom stereocenters. The van der Waals surface area contributed by atoms with Gasteiger partial charge in [-0.1, -0.05) is 42.0 Å². The fourth-order valence-corrected chi connectivity index (χ4v) is 3.95. The number of hydrogen-bond acceptors (Lipinski definition) is 4. The lowest BCUT2D eigenvalue weighted by Crippen LogP contribution is -2.46. The number of aromatic nitrogens is 2. The molecule has 2 aromatic carbocycles. The average molecular weight is 394 g/mol. The number of para-hydroxylation sites is 1. The molecule has 1 aliphatic rings. The van der Waals surface area contributed by atoms with E-state index in [1.807, 2.05) is 11.9 Å². The molecule has 152 valence electrons. The predicted molar refractivity (Wildman–Crippen MR) is 112 cm³/mol. The lowest BCUT2D eigenvalue weighted by molar-refractivity contribution is 0.205. The van der Waals surface area contributed by atoms with E-state index in [4.69, 9.17) is 0 Å². The van der Waals surface area contributed by atoms with E-state index < -0.39 is 6.10 Å². The minimum Gasteiger partial charge on any atom is -0.380 e. The summed E-state index contributed by atoms with van der Waals surface area (Å²) in [5.41, 5.74) is 3.60. The molecule has 0 bridgehead atoms. The van der Waals surface area contributed by atoms with Crippen LogP contribution in [-0.2, 0) is 13.6 Å². The fourth-order valence-electron chi connectivity index (χ4n) is 3.95. The second-order valence-corrected chi connectivity index (χ2v) is 7.73. The second kappa shape index (κ2) is 8.35. The predicted octanol–water partition coefficient (Wildman–Crippen LogP) is 3.27. The zero-order valence-electron chi connectivity index (χ0n) is 16.9. The van der Waals surface area contributed by atoms with Crippen LogP contribution in [0.3, 0.4) is 0 Å². The third-order valence-electron chi connectivity index (χ3n) is 5.63. The Hall–Kier alpha value is -2.70. The number of imidazole rings is 1. The minimum absolute atomic E-state index is 0.303. The molecule has 0 unspecified atom stereocenters. The molecule has 0 saturated carbocycles. The molecular formula is C23H27FN4O. The van der Waals surface area contributed by atoms with Crippen LogP contribution < -0.4 is 4.90 Å². The Kier molecular flexibility index (Phi) is 5.65. The van der Waals surface area contributed by atoms with E-state index in [1.54, 1.807) is 29.1 Å². The van der Waals surface area contributed by atoms with E-state index in [1.165, 1.54) is 17.2 Å². The van der Waals surface area contributed by atoms with Crippen molar-refractivity contribution in [2.45, 2.75) is 19.6 Å². The average Bonchev–Trinajstić information content (AvgIpc) is 3.16. The maximum absolute atomic E-state index is 14.8. The molecule has 0 spiro atoms. The Balaban J connectivity index is 1.50. The number of hydrogen-bond donors (Lipinski definition) is 1. The summed E-state index contributed by atoms with van der Waals surface area (Å²) in [5.74, 6) is 0.206. The molecule has 1 aromatic heterocycles. The van der Waals surface area contributed by atoms with Gasteiger partial charge in [0.2, 0.25) is 0 Å². The lowest BCUT2D eigenvalue weighted by atomic mass is 10.0. The number of aliphatic hydroxyl groups excluding tert-OH is 1. The van der Waals surface area contributed by atoms with Crippen LogP contribution in [0.5, 0.6) is 0 Å². The molecule has 0 amide bonds. The number of benzene rings is 2. The summed E-state index contributed by atoms with van der Waals surface area (Å²) < 4.78 is 16.6. The molecular weight excluding hydrogens is 367 g/mol. The Morgan fingerprint density at radius 2 is 1.79 bits per heavy atom. The third kappa shape index (κ3) is 4.18. The zero-order chi connectivity index (χ0) is 20.4. The monoisotopic (exact) mass is 394 g/mol. The first-order valence-electron chi connectivity index (χ1n) is 9.99. The van der Waals surface area contributed by atoms with Gasteiger partial charge in [-0.2, -0.15) is 0 Å². The van der Waals surface area contributed by atoms with E-state index in [-0.39, 0.29) is 5.82 Å². The van der Waals surface area contributed by atoms with Crippen molar-refractivity contribution in [1.29, 1.82) is 0 Å². The van der Waals surface area contributed by atoms with E-state index in [2.05, 4.69) is 41.1 Å². The van der Waals surface area contributed by atoms with Gasteiger partial charge < -0.3 is 14.6 Å². The van der Waals surface area contributed by atoms with Gasteiger partial charge in [-0.15, -0.1) is 0 Å². The maximum Gasteiger partial charge on any atom is 0.146 e. The molecule has 6 heteroatoms. The first-order chi connectivity index (χ1) is 14.0. The summed E-state index contributed by atoms with van der Waals surface area (Å²) in [6.45, 7) is 6.11. The Morgan fingerprint density at radius 3 is 2.45 bits per heavy atom. The van der Waals surface area contributed by atoms with Crippen LogP contribution in [-0.4, -0.2) is 45.7 Å². The van der Waals surface area contributed by atoms with Crippen molar-refractivity contribution in [2.24, 2.45) is 7.05 Å². The Morgan fingerprint density at radius 1 is 1.07 bits per heavy atom. The molecule has 2 heterocycles. The highest BCUT2D eigenvalue weighted by atomic mass is 19.1. The first kappa shape index (κ1) is 19.6. The summed E-state index contributed by atoms with van der Waals surface area (Å²) in [6.07, 6.45) is 2.45. The molecule has 1 N–H and O–H groups in total. The smallest absolute Gasteiger partial charge is 0.146 e. The maximum atomic E-state index is 14.8. The highest BCUT2D eigenvalue weighted by Crippen LogP contribution is 2.33. The normalized spacial score (nSPS) is 16.2. The number of rotatable bonds is 5. The van der Waals surface area contributed by atoms with Crippen molar-refractivity contribution < 1.29 is 9.50 Å². The van der Waals surface area contributed by atoms with Gasteiger partial charge in [0.1, 0.15) is 17.7 Å². The highest BCUT2D eigenvalue weighted by molar-refractivity contribution is 5.57. The number of aryl methyl sites for hydroxylation is 2. The molecule has 29 heavy (non-hydrogen) atoms. The van der Waals surface area contributed by atoms with Crippen LogP contribution in [0.4, 0.5) is 10.1 Å². The molecule has 1 fully saturated rings. The second-order valence-electron chi connectivity index (χ2n) is 7.73. The van der Waals surface area contributed by atoms with E-state index in [0.29, 0.717) is 30.2 Å². The van der Waals surface area contributed by atoms with E-state index in [0.717, 1.165) is 19.6 Å². The molecule has 1 saturated heterocycles. The molecule has 3 aromatic rings. The SMILES string of the molecule is Cc1ccc(CN2CCN(c3c(F)cccc3[C@@H](O)c3nccn3C)CC2)cc1. The number of nitrogens with zero attached hydrogens (tertiary/aromatic N) is 4. The van der Waals surface area contributed by atoms with Crippen LogP contribution in [0.2, 0.25) is 0 Å². The number of piperazine rings is 1. The molecule has 5 nitrogen and oxygen atoms in total. The van der Waals surface area contributed by atoms with Crippen molar-refractivity contribution >= 4 is 5.69 Å².